The van der Waals surface area contributed by atoms with Crippen molar-refractivity contribution in [3.05, 3.63) is 101 Å². The van der Waals surface area contributed by atoms with Crippen molar-refractivity contribution < 1.29 is 35.6 Å². The third-order valence-electron chi connectivity index (χ3n) is 5.34. The first-order chi connectivity index (χ1) is 16.7. The average molecular weight is 530 g/mol. The fourth-order valence-electron chi connectivity index (χ4n) is 3.54. The molecule has 0 aliphatic rings. The zero-order valence-electron chi connectivity index (χ0n) is 19.7. The standard InChI is InChI=1S/C26H25F6NO2S/c1-24(2,3)36(34)33-25(16-17-7-5-4-6-8-17,18-9-11-20(27)12-10-18)19-13-21(28)15-22(14-19)35-26(31,32)23(29)30/h4-15,23,33H,16H2,1-3H3/t25-,36?/m1/s1. The molecule has 3 rings (SSSR count). The van der Waals surface area contributed by atoms with E-state index >= 15 is 0 Å². The second kappa shape index (κ2) is 10.7. The van der Waals surface area contributed by atoms with Crippen LogP contribution in [-0.2, 0) is 23.3 Å². The first kappa shape index (κ1) is 27.9. The molecule has 0 fully saturated rings. The second-order valence-electron chi connectivity index (χ2n) is 9.20. The number of ether oxygens (including phenoxy) is 1. The highest BCUT2D eigenvalue weighted by molar-refractivity contribution is 7.90. The summed E-state index contributed by atoms with van der Waals surface area (Å²) in [6.07, 6.45) is -9.00. The van der Waals surface area contributed by atoms with Crippen LogP contribution in [-0.4, -0.2) is 21.8 Å². The van der Waals surface area contributed by atoms with Crippen LogP contribution in [0.4, 0.5) is 26.3 Å². The number of rotatable bonds is 9. The number of alkyl halides is 4. The topological polar surface area (TPSA) is 44.3 Å². The minimum Gasteiger partial charge on any atom is -0.598 e. The molecule has 1 unspecified atom stereocenters. The highest BCUT2D eigenvalue weighted by Crippen LogP contribution is 2.39. The van der Waals surface area contributed by atoms with Crippen LogP contribution < -0.4 is 9.46 Å². The highest BCUT2D eigenvalue weighted by atomic mass is 32.2. The van der Waals surface area contributed by atoms with Gasteiger partial charge >= 0.3 is 12.5 Å². The highest BCUT2D eigenvalue weighted by Gasteiger charge is 2.46. The van der Waals surface area contributed by atoms with Crippen LogP contribution in [0.5, 0.6) is 5.75 Å². The van der Waals surface area contributed by atoms with E-state index in [1.165, 1.54) is 12.1 Å². The van der Waals surface area contributed by atoms with Gasteiger partial charge in [0, 0.05) is 23.8 Å². The van der Waals surface area contributed by atoms with Crippen LogP contribution >= 0.6 is 0 Å². The summed E-state index contributed by atoms with van der Waals surface area (Å²) >= 11 is -1.80. The van der Waals surface area contributed by atoms with Gasteiger partial charge in [-0.1, -0.05) is 42.5 Å². The minimum atomic E-state index is -4.87. The van der Waals surface area contributed by atoms with Crippen LogP contribution in [0.3, 0.4) is 0 Å². The van der Waals surface area contributed by atoms with Gasteiger partial charge < -0.3 is 9.29 Å². The summed E-state index contributed by atoms with van der Waals surface area (Å²) in [5.74, 6) is -2.46. The summed E-state index contributed by atoms with van der Waals surface area (Å²) in [5, 5.41) is 0. The Morgan fingerprint density at radius 2 is 1.47 bits per heavy atom. The number of hydrogen-bond acceptors (Lipinski definition) is 3. The van der Waals surface area contributed by atoms with E-state index in [1.54, 1.807) is 51.1 Å². The quantitative estimate of drug-likeness (QED) is 0.247. The Balaban J connectivity index is 2.28. The van der Waals surface area contributed by atoms with Crippen molar-refractivity contribution in [2.45, 2.75) is 50.0 Å². The van der Waals surface area contributed by atoms with E-state index in [-0.39, 0.29) is 12.0 Å². The van der Waals surface area contributed by atoms with E-state index in [0.717, 1.165) is 24.3 Å². The average Bonchev–Trinajstić information content (AvgIpc) is 2.78. The van der Waals surface area contributed by atoms with Crippen molar-refractivity contribution in [3.63, 3.8) is 0 Å². The van der Waals surface area contributed by atoms with E-state index < -0.39 is 51.6 Å². The SMILES string of the molecule is CC(C)(C)[S+]([O-])N[C@](Cc1ccccc1)(c1ccc(F)cc1)c1cc(F)cc(OC(F)(F)C(F)F)c1. The van der Waals surface area contributed by atoms with Crippen molar-refractivity contribution in [2.24, 2.45) is 0 Å². The Kier molecular flexibility index (Phi) is 8.32. The van der Waals surface area contributed by atoms with Crippen molar-refractivity contribution in [1.82, 2.24) is 4.72 Å². The van der Waals surface area contributed by atoms with Crippen molar-refractivity contribution in [1.29, 1.82) is 0 Å². The summed E-state index contributed by atoms with van der Waals surface area (Å²) in [6, 6.07) is 16.4. The first-order valence-corrected chi connectivity index (χ1v) is 12.0. The number of nitrogens with one attached hydrogen (secondary N) is 1. The Bertz CT molecular complexity index is 1160. The normalized spacial score (nSPS) is 15.0. The third kappa shape index (κ3) is 6.54. The van der Waals surface area contributed by atoms with Gasteiger partial charge in [-0.25, -0.2) is 8.78 Å². The molecule has 3 aromatic carbocycles. The summed E-state index contributed by atoms with van der Waals surface area (Å²) in [5.41, 5.74) is -0.573. The Morgan fingerprint density at radius 3 is 2.03 bits per heavy atom. The largest absolute Gasteiger partial charge is 0.598 e. The molecule has 2 atom stereocenters. The molecule has 0 saturated carbocycles. The maximum Gasteiger partial charge on any atom is 0.461 e. The molecule has 1 N–H and O–H groups in total. The second-order valence-corrected chi connectivity index (χ2v) is 11.2. The molecule has 0 saturated heterocycles. The molecule has 0 aromatic heterocycles. The molecule has 0 spiro atoms. The van der Waals surface area contributed by atoms with Gasteiger partial charge in [0.15, 0.2) is 0 Å². The summed E-state index contributed by atoms with van der Waals surface area (Å²) in [7, 11) is 0. The Hall–Kier alpha value is -2.69. The zero-order valence-corrected chi connectivity index (χ0v) is 20.5. The van der Waals surface area contributed by atoms with Crippen LogP contribution in [0.1, 0.15) is 37.5 Å². The van der Waals surface area contributed by atoms with E-state index in [4.69, 9.17) is 0 Å². The summed E-state index contributed by atoms with van der Waals surface area (Å²) in [4.78, 5) is 0. The number of hydrogen-bond donors (Lipinski definition) is 1. The van der Waals surface area contributed by atoms with Crippen molar-refractivity contribution >= 4 is 11.4 Å². The first-order valence-electron chi connectivity index (χ1n) is 10.9. The summed E-state index contributed by atoms with van der Waals surface area (Å²) < 4.78 is 101. The molecule has 0 aliphatic carbocycles. The van der Waals surface area contributed by atoms with Gasteiger partial charge in [-0.2, -0.15) is 17.6 Å². The molecule has 0 heterocycles. The summed E-state index contributed by atoms with van der Waals surface area (Å²) in [6.45, 7) is 5.08. The van der Waals surface area contributed by atoms with E-state index in [0.29, 0.717) is 17.2 Å². The van der Waals surface area contributed by atoms with Crippen LogP contribution in [0.25, 0.3) is 0 Å². The molecule has 3 nitrogen and oxygen atoms in total. The molecule has 0 radical (unpaired) electrons. The fourth-order valence-corrected chi connectivity index (χ4v) is 4.47. The van der Waals surface area contributed by atoms with Crippen molar-refractivity contribution in [2.75, 3.05) is 0 Å². The van der Waals surface area contributed by atoms with Gasteiger partial charge in [-0.15, -0.1) is 4.72 Å². The van der Waals surface area contributed by atoms with Crippen molar-refractivity contribution in [3.8, 4) is 5.75 Å². The smallest absolute Gasteiger partial charge is 0.461 e. The zero-order chi connectivity index (χ0) is 26.7. The lowest BCUT2D eigenvalue weighted by atomic mass is 9.78. The Labute approximate surface area is 208 Å². The van der Waals surface area contributed by atoms with Gasteiger partial charge in [0.25, 0.3) is 0 Å². The number of benzene rings is 3. The fraction of sp³-hybridized carbons (Fsp3) is 0.308. The van der Waals surface area contributed by atoms with Crippen LogP contribution in [0.2, 0.25) is 0 Å². The molecular weight excluding hydrogens is 504 g/mol. The maximum atomic E-state index is 14.7. The van der Waals surface area contributed by atoms with Gasteiger partial charge in [0.1, 0.15) is 27.7 Å². The van der Waals surface area contributed by atoms with E-state index in [1.807, 2.05) is 0 Å². The number of halogens is 6. The predicted molar refractivity (Wildman–Crippen MR) is 126 cm³/mol. The molecule has 36 heavy (non-hydrogen) atoms. The Morgan fingerprint density at radius 1 is 0.861 bits per heavy atom. The van der Waals surface area contributed by atoms with Gasteiger partial charge in [0.05, 0.1) is 0 Å². The van der Waals surface area contributed by atoms with Gasteiger partial charge in [0.2, 0.25) is 0 Å². The monoisotopic (exact) mass is 529 g/mol. The van der Waals surface area contributed by atoms with Gasteiger partial charge in [-0.3, -0.25) is 0 Å². The molecule has 3 aromatic rings. The molecule has 10 heteroatoms. The lowest BCUT2D eigenvalue weighted by Crippen LogP contribution is -2.53. The van der Waals surface area contributed by atoms with Crippen LogP contribution in [0.15, 0.2) is 72.8 Å². The maximum absolute atomic E-state index is 14.7. The van der Waals surface area contributed by atoms with Crippen LogP contribution in [0, 0.1) is 11.6 Å². The van der Waals surface area contributed by atoms with E-state index in [9.17, 15) is 30.9 Å². The molecule has 194 valence electrons. The predicted octanol–water partition coefficient (Wildman–Crippen LogP) is 6.74. The molecule has 0 amide bonds. The molecular formula is C26H25F6NO2S. The molecule has 0 aliphatic heterocycles. The molecule has 0 bridgehead atoms. The lowest BCUT2D eigenvalue weighted by Gasteiger charge is -2.39. The minimum absolute atomic E-state index is 0.0232. The lowest BCUT2D eigenvalue weighted by molar-refractivity contribution is -0.253. The third-order valence-corrected chi connectivity index (χ3v) is 6.99. The van der Waals surface area contributed by atoms with Gasteiger partial charge in [-0.05, 0) is 61.7 Å². The van der Waals surface area contributed by atoms with E-state index in [2.05, 4.69) is 9.46 Å².